The second-order valence-corrected chi connectivity index (χ2v) is 17.0. The van der Waals surface area contributed by atoms with Crippen molar-refractivity contribution < 1.29 is 38.5 Å². The molecule has 0 bridgehead atoms. The number of Topliss-reactive ketones (excluding diaryl/α,β-unsaturated/α-hetero) is 1. The molecule has 1 unspecified atom stereocenters. The molecule has 11 heteroatoms. The highest BCUT2D eigenvalue weighted by Gasteiger charge is 2.61. The van der Waals surface area contributed by atoms with Crippen LogP contribution < -0.4 is 9.47 Å². The second kappa shape index (κ2) is 14.1. The predicted octanol–water partition coefficient (Wildman–Crippen LogP) is 7.52. The molecule has 8 atom stereocenters. The van der Waals surface area contributed by atoms with Crippen molar-refractivity contribution in [1.29, 1.82) is 0 Å². The Morgan fingerprint density at radius 2 is 1.78 bits per heavy atom. The maximum Gasteiger partial charge on any atom is 0.310 e. The number of halogens is 1. The van der Waals surface area contributed by atoms with Gasteiger partial charge in [-0.1, -0.05) is 51.3 Å². The van der Waals surface area contributed by atoms with Gasteiger partial charge in [0.05, 0.1) is 48.7 Å². The zero-order valence-electron chi connectivity index (χ0n) is 30.8. The fourth-order valence-electron chi connectivity index (χ4n) is 8.48. The highest BCUT2D eigenvalue weighted by atomic mass is 35.5. The number of nitrogens with zero attached hydrogens (tertiary/aromatic N) is 2. The smallest absolute Gasteiger partial charge is 0.310 e. The number of pyridine rings is 1. The van der Waals surface area contributed by atoms with Crippen molar-refractivity contribution in [1.82, 2.24) is 9.88 Å². The van der Waals surface area contributed by atoms with Gasteiger partial charge in [-0.3, -0.25) is 19.2 Å². The van der Waals surface area contributed by atoms with Crippen LogP contribution in [0, 0.1) is 34.5 Å². The van der Waals surface area contributed by atoms with Crippen LogP contribution in [-0.4, -0.2) is 70.5 Å². The van der Waals surface area contributed by atoms with E-state index in [9.17, 15) is 24.3 Å². The monoisotopic (exact) mass is 722 g/mol. The topological polar surface area (TPSA) is 132 Å². The molecular formula is C40H51ClN2O8. The third-order valence-electron chi connectivity index (χ3n) is 11.6. The first-order valence-electron chi connectivity index (χ1n) is 18.3. The van der Waals surface area contributed by atoms with Crippen molar-refractivity contribution in [2.75, 3.05) is 13.7 Å². The summed E-state index contributed by atoms with van der Waals surface area (Å²) in [5, 5.41) is 11.1. The summed E-state index contributed by atoms with van der Waals surface area (Å²) in [7, 11) is 1.53. The number of hydrogen-bond donors (Lipinski definition) is 1. The first-order valence-corrected chi connectivity index (χ1v) is 18.7. The number of hydrogen-bond acceptors (Lipinski definition) is 8. The van der Waals surface area contributed by atoms with Crippen molar-refractivity contribution in [3.8, 4) is 11.5 Å². The van der Waals surface area contributed by atoms with Crippen LogP contribution in [0.5, 0.6) is 11.5 Å². The van der Waals surface area contributed by atoms with Crippen molar-refractivity contribution in [3.63, 3.8) is 0 Å². The van der Waals surface area contributed by atoms with Crippen LogP contribution in [0.4, 0.5) is 0 Å². The van der Waals surface area contributed by atoms with E-state index in [1.165, 1.54) is 18.4 Å². The molecule has 51 heavy (non-hydrogen) atoms. The fourth-order valence-corrected chi connectivity index (χ4v) is 8.77. The molecule has 3 aliphatic carbocycles. The van der Waals surface area contributed by atoms with Gasteiger partial charge in [-0.05, 0) is 80.9 Å². The van der Waals surface area contributed by atoms with Gasteiger partial charge >= 0.3 is 11.9 Å². The SMILES string of the molecule is CC[C@@H]1C[C@]1(CC(=O)[C@@H]1C[C@@H](Oc2cc(C=C(C)C)nc3c(Cl)c(OC)ccc23)CN1C(=O)[C@@H](CC(=O)OC1C[C@@H]2C[C@@H]2C1)C(C)(C)C)C(=O)O. The number of fused-ring (bicyclic) bond motifs is 2. The third kappa shape index (κ3) is 7.62. The number of carbonyl (C=O) groups excluding carboxylic acids is 3. The first-order chi connectivity index (χ1) is 24.0. The van der Waals surface area contributed by atoms with Crippen molar-refractivity contribution in [2.45, 2.75) is 111 Å². The zero-order chi connectivity index (χ0) is 37.0. The molecule has 4 aliphatic rings. The number of rotatable bonds is 13. The van der Waals surface area contributed by atoms with Crippen molar-refractivity contribution >= 4 is 52.2 Å². The average Bonchev–Trinajstić information content (AvgIpc) is 3.86. The maximum absolute atomic E-state index is 14.6. The molecule has 2 heterocycles. The lowest BCUT2D eigenvalue weighted by Gasteiger charge is -2.35. The van der Waals surface area contributed by atoms with Crippen LogP contribution in [-0.2, 0) is 23.9 Å². The molecule has 1 aromatic carbocycles. The van der Waals surface area contributed by atoms with Gasteiger partial charge in [0.2, 0.25) is 5.91 Å². The second-order valence-electron chi connectivity index (χ2n) is 16.6. The number of carboxylic acids is 1. The maximum atomic E-state index is 14.6. The number of ether oxygens (including phenoxy) is 3. The van der Waals surface area contributed by atoms with E-state index in [2.05, 4.69) is 0 Å². The summed E-state index contributed by atoms with van der Waals surface area (Å²) in [6.45, 7) is 11.7. The lowest BCUT2D eigenvalue weighted by Crippen LogP contribution is -2.48. The van der Waals surface area contributed by atoms with Crippen LogP contribution in [0.2, 0.25) is 5.02 Å². The van der Waals surface area contributed by atoms with Gasteiger partial charge in [0, 0.05) is 24.3 Å². The van der Waals surface area contributed by atoms with Gasteiger partial charge in [-0.2, -0.15) is 0 Å². The molecule has 276 valence electrons. The number of likely N-dealkylation sites (tertiary alicyclic amines) is 1. The molecule has 1 N–H and O–H groups in total. The number of aliphatic carboxylic acids is 1. The summed E-state index contributed by atoms with van der Waals surface area (Å²) in [5.41, 5.74) is 0.394. The Morgan fingerprint density at radius 3 is 2.37 bits per heavy atom. The molecule has 1 aliphatic heterocycles. The van der Waals surface area contributed by atoms with Crippen molar-refractivity contribution in [2.24, 2.45) is 34.5 Å². The van der Waals surface area contributed by atoms with Crippen LogP contribution in [0.15, 0.2) is 23.8 Å². The van der Waals surface area contributed by atoms with E-state index in [1.807, 2.05) is 59.8 Å². The minimum absolute atomic E-state index is 0.0891. The van der Waals surface area contributed by atoms with Gasteiger partial charge in [0.15, 0.2) is 5.78 Å². The number of benzene rings is 1. The largest absolute Gasteiger partial charge is 0.495 e. The molecule has 1 aromatic heterocycles. The average molecular weight is 723 g/mol. The molecule has 0 radical (unpaired) electrons. The van der Waals surface area contributed by atoms with Crippen LogP contribution in [0.1, 0.15) is 98.6 Å². The first kappa shape index (κ1) is 37.1. The van der Waals surface area contributed by atoms with E-state index < -0.39 is 40.8 Å². The zero-order valence-corrected chi connectivity index (χ0v) is 31.5. The molecular weight excluding hydrogens is 672 g/mol. The van der Waals surface area contributed by atoms with E-state index in [-0.39, 0.29) is 49.5 Å². The molecule has 1 amide bonds. The van der Waals surface area contributed by atoms with Gasteiger partial charge in [0.1, 0.15) is 28.7 Å². The summed E-state index contributed by atoms with van der Waals surface area (Å²) in [6, 6.07) is 4.46. The Balaban J connectivity index is 1.30. The summed E-state index contributed by atoms with van der Waals surface area (Å²) in [6.07, 6.45) is 5.18. The summed E-state index contributed by atoms with van der Waals surface area (Å²) < 4.78 is 18.0. The molecule has 0 spiro atoms. The van der Waals surface area contributed by atoms with Gasteiger partial charge in [-0.25, -0.2) is 4.98 Å². The van der Waals surface area contributed by atoms with Gasteiger partial charge in [-0.15, -0.1) is 0 Å². The summed E-state index contributed by atoms with van der Waals surface area (Å²) in [5.74, 6) is -0.602. The number of esters is 1. The molecule has 4 fully saturated rings. The minimum atomic E-state index is -1.12. The molecule has 1 saturated heterocycles. The number of carboxylic acid groups (broad SMARTS) is 1. The van der Waals surface area contributed by atoms with E-state index >= 15 is 0 Å². The summed E-state index contributed by atoms with van der Waals surface area (Å²) in [4.78, 5) is 60.8. The lowest BCUT2D eigenvalue weighted by atomic mass is 9.77. The Hall–Kier alpha value is -3.66. The number of amides is 1. The molecule has 10 nitrogen and oxygen atoms in total. The number of allylic oxidation sites excluding steroid dienone is 1. The summed E-state index contributed by atoms with van der Waals surface area (Å²) >= 11 is 6.72. The van der Waals surface area contributed by atoms with Crippen LogP contribution >= 0.6 is 11.6 Å². The third-order valence-corrected chi connectivity index (χ3v) is 12.0. The number of ketones is 1. The molecule has 6 rings (SSSR count). The van der Waals surface area contributed by atoms with Crippen molar-refractivity contribution in [3.05, 3.63) is 34.5 Å². The molecule has 3 saturated carbocycles. The fraction of sp³-hybridized carbons (Fsp3) is 0.625. The standard InChI is InChI=1S/C40H51ClN2O8/c1-8-24-18-40(24,38(47)48)19-31(44)30-16-27(50-33-15-25(11-21(2)3)42-36-28(33)9-10-32(49-7)35(36)41)20-43(30)37(46)29(39(4,5)6)17-34(45)51-26-13-22-12-23(22)14-26/h9-11,15,22-24,26-27,29-30H,8,12-14,16-20H2,1-7H3,(H,47,48)/t22-,23+,24-,26?,27-,29-,30+,40-/m1/s1. The lowest BCUT2D eigenvalue weighted by molar-refractivity contribution is -0.157. The van der Waals surface area contributed by atoms with E-state index in [4.69, 9.17) is 30.8 Å². The minimum Gasteiger partial charge on any atom is -0.495 e. The Labute approximate surface area is 305 Å². The van der Waals surface area contributed by atoms with E-state index in [0.29, 0.717) is 57.8 Å². The van der Waals surface area contributed by atoms with E-state index in [1.54, 1.807) is 6.07 Å². The van der Waals surface area contributed by atoms with Crippen LogP contribution in [0.3, 0.4) is 0 Å². The van der Waals surface area contributed by atoms with Gasteiger partial charge < -0.3 is 24.2 Å². The highest BCUT2D eigenvalue weighted by molar-refractivity contribution is 6.36. The van der Waals surface area contributed by atoms with Gasteiger partial charge in [0.25, 0.3) is 0 Å². The molecule has 2 aromatic rings. The quantitative estimate of drug-likeness (QED) is 0.209. The Bertz CT molecular complexity index is 1750. The Kier molecular flexibility index (Phi) is 10.2. The number of carbonyl (C=O) groups is 4. The number of aromatic nitrogens is 1. The number of methoxy groups -OCH3 is 1. The van der Waals surface area contributed by atoms with Crippen LogP contribution in [0.25, 0.3) is 17.0 Å². The predicted molar refractivity (Wildman–Crippen MR) is 194 cm³/mol. The highest BCUT2D eigenvalue weighted by Crippen LogP contribution is 2.58. The normalized spacial score (nSPS) is 28.5. The Morgan fingerprint density at radius 1 is 1.08 bits per heavy atom. The van der Waals surface area contributed by atoms with E-state index in [0.717, 1.165) is 18.4 Å².